The van der Waals surface area contributed by atoms with Crippen molar-refractivity contribution in [2.24, 2.45) is 5.73 Å². The number of nitrogens with zero attached hydrogens (tertiary/aromatic N) is 4. The highest BCUT2D eigenvalue weighted by molar-refractivity contribution is 5.25. The van der Waals surface area contributed by atoms with Gasteiger partial charge in [-0.3, -0.25) is 9.80 Å². The van der Waals surface area contributed by atoms with E-state index in [0.29, 0.717) is 12.4 Å². The minimum Gasteiger partial charge on any atom is -0.338 e. The van der Waals surface area contributed by atoms with E-state index in [2.05, 4.69) is 51.1 Å². The fourth-order valence-corrected chi connectivity index (χ4v) is 2.77. The molecular formula is C16H23N5O. The summed E-state index contributed by atoms with van der Waals surface area (Å²) >= 11 is 0. The highest BCUT2D eigenvalue weighted by Crippen LogP contribution is 2.13. The molecular weight excluding hydrogens is 278 g/mol. The van der Waals surface area contributed by atoms with Crippen LogP contribution in [0.5, 0.6) is 0 Å². The summed E-state index contributed by atoms with van der Waals surface area (Å²) in [7, 11) is 0. The van der Waals surface area contributed by atoms with Crippen molar-refractivity contribution in [3.05, 3.63) is 47.1 Å². The zero-order valence-electron chi connectivity index (χ0n) is 13.0. The molecule has 0 unspecified atom stereocenters. The fourth-order valence-electron chi connectivity index (χ4n) is 2.77. The molecule has 6 heteroatoms. The van der Waals surface area contributed by atoms with Gasteiger partial charge in [0.15, 0.2) is 5.82 Å². The molecule has 2 aromatic rings. The van der Waals surface area contributed by atoms with E-state index in [4.69, 9.17) is 10.3 Å². The van der Waals surface area contributed by atoms with E-state index in [0.717, 1.165) is 45.1 Å². The van der Waals surface area contributed by atoms with E-state index in [1.165, 1.54) is 11.1 Å². The van der Waals surface area contributed by atoms with E-state index in [-0.39, 0.29) is 0 Å². The van der Waals surface area contributed by atoms with Crippen molar-refractivity contribution < 1.29 is 4.52 Å². The van der Waals surface area contributed by atoms with Crippen LogP contribution in [-0.4, -0.2) is 46.1 Å². The predicted molar refractivity (Wildman–Crippen MR) is 83.9 cm³/mol. The third kappa shape index (κ3) is 3.71. The third-order valence-electron chi connectivity index (χ3n) is 4.17. The van der Waals surface area contributed by atoms with Crippen molar-refractivity contribution in [1.82, 2.24) is 19.9 Å². The van der Waals surface area contributed by atoms with Crippen LogP contribution in [0.15, 0.2) is 28.8 Å². The Morgan fingerprint density at radius 3 is 2.41 bits per heavy atom. The number of piperazine rings is 1. The number of aromatic nitrogens is 2. The standard InChI is InChI=1S/C16H23N5O/c1-13-4-2-3-5-14(13)11-20-6-8-21(9-7-20)12-15-18-16(10-17)22-19-15/h2-5H,6-12,17H2,1H3. The molecule has 0 spiro atoms. The van der Waals surface area contributed by atoms with Crippen LogP contribution >= 0.6 is 0 Å². The Morgan fingerprint density at radius 2 is 1.77 bits per heavy atom. The van der Waals surface area contributed by atoms with Crippen LogP contribution in [-0.2, 0) is 19.6 Å². The summed E-state index contributed by atoms with van der Waals surface area (Å²) in [4.78, 5) is 9.12. The molecule has 1 aliphatic heterocycles. The lowest BCUT2D eigenvalue weighted by atomic mass is 10.1. The normalized spacial score (nSPS) is 17.0. The Labute approximate surface area is 130 Å². The average molecular weight is 301 g/mol. The van der Waals surface area contributed by atoms with E-state index >= 15 is 0 Å². The van der Waals surface area contributed by atoms with Gasteiger partial charge in [-0.15, -0.1) is 0 Å². The molecule has 3 rings (SSSR count). The number of nitrogens with two attached hydrogens (primary N) is 1. The molecule has 0 amide bonds. The molecule has 22 heavy (non-hydrogen) atoms. The fraction of sp³-hybridized carbons (Fsp3) is 0.500. The smallest absolute Gasteiger partial charge is 0.240 e. The zero-order valence-corrected chi connectivity index (χ0v) is 13.0. The van der Waals surface area contributed by atoms with Gasteiger partial charge in [0.1, 0.15) is 0 Å². The van der Waals surface area contributed by atoms with Crippen molar-refractivity contribution in [3.8, 4) is 0 Å². The third-order valence-corrected chi connectivity index (χ3v) is 4.17. The summed E-state index contributed by atoms with van der Waals surface area (Å²) < 4.78 is 5.05. The van der Waals surface area contributed by atoms with Gasteiger partial charge in [-0.25, -0.2) is 0 Å². The minimum atomic E-state index is 0.303. The van der Waals surface area contributed by atoms with Gasteiger partial charge in [-0.05, 0) is 18.1 Å². The first-order chi connectivity index (χ1) is 10.7. The number of rotatable bonds is 5. The number of hydrogen-bond acceptors (Lipinski definition) is 6. The van der Waals surface area contributed by atoms with Crippen molar-refractivity contribution in [2.45, 2.75) is 26.6 Å². The zero-order chi connectivity index (χ0) is 15.4. The SMILES string of the molecule is Cc1ccccc1CN1CCN(Cc2noc(CN)n2)CC1. The summed E-state index contributed by atoms with van der Waals surface area (Å²) in [6, 6.07) is 8.60. The molecule has 0 aliphatic carbocycles. The Kier molecular flexibility index (Phi) is 4.82. The van der Waals surface area contributed by atoms with Crippen molar-refractivity contribution >= 4 is 0 Å². The highest BCUT2D eigenvalue weighted by atomic mass is 16.5. The predicted octanol–water partition coefficient (Wildman–Crippen LogP) is 1.15. The maximum atomic E-state index is 5.48. The molecule has 2 N–H and O–H groups in total. The molecule has 1 saturated heterocycles. The van der Waals surface area contributed by atoms with Gasteiger partial charge in [0.25, 0.3) is 0 Å². The molecule has 0 saturated carbocycles. The summed E-state index contributed by atoms with van der Waals surface area (Å²) in [5.41, 5.74) is 8.27. The second-order valence-electron chi connectivity index (χ2n) is 5.79. The topological polar surface area (TPSA) is 71.4 Å². The first-order valence-electron chi connectivity index (χ1n) is 7.75. The molecule has 1 fully saturated rings. The Balaban J connectivity index is 1.49. The van der Waals surface area contributed by atoms with Crippen molar-refractivity contribution in [2.75, 3.05) is 26.2 Å². The number of hydrogen-bond donors (Lipinski definition) is 1. The second kappa shape index (κ2) is 7.00. The van der Waals surface area contributed by atoms with Gasteiger partial charge in [0.05, 0.1) is 13.1 Å². The van der Waals surface area contributed by atoms with E-state index < -0.39 is 0 Å². The van der Waals surface area contributed by atoms with E-state index in [9.17, 15) is 0 Å². The molecule has 1 aliphatic rings. The maximum absolute atomic E-state index is 5.48. The number of aryl methyl sites for hydroxylation is 1. The molecule has 0 radical (unpaired) electrons. The Hall–Kier alpha value is -1.76. The van der Waals surface area contributed by atoms with Crippen LogP contribution in [0.2, 0.25) is 0 Å². The highest BCUT2D eigenvalue weighted by Gasteiger charge is 2.19. The molecule has 118 valence electrons. The first-order valence-corrected chi connectivity index (χ1v) is 7.75. The lowest BCUT2D eigenvalue weighted by Gasteiger charge is -2.34. The maximum Gasteiger partial charge on any atom is 0.240 e. The second-order valence-corrected chi connectivity index (χ2v) is 5.79. The van der Waals surface area contributed by atoms with Crippen LogP contribution in [0, 0.1) is 6.92 Å². The summed E-state index contributed by atoms with van der Waals surface area (Å²) in [6.07, 6.45) is 0. The van der Waals surface area contributed by atoms with Crippen LogP contribution in [0.4, 0.5) is 0 Å². The molecule has 0 bridgehead atoms. The molecule has 1 aromatic carbocycles. The molecule has 6 nitrogen and oxygen atoms in total. The van der Waals surface area contributed by atoms with E-state index in [1.54, 1.807) is 0 Å². The van der Waals surface area contributed by atoms with Crippen LogP contribution in [0.1, 0.15) is 22.8 Å². The largest absolute Gasteiger partial charge is 0.338 e. The summed E-state index contributed by atoms with van der Waals surface area (Å²) in [5, 5.41) is 3.96. The van der Waals surface area contributed by atoms with Gasteiger partial charge in [0, 0.05) is 32.7 Å². The van der Waals surface area contributed by atoms with Gasteiger partial charge in [-0.1, -0.05) is 29.4 Å². The molecule has 2 heterocycles. The molecule has 0 atom stereocenters. The quantitative estimate of drug-likeness (QED) is 0.893. The summed E-state index contributed by atoms with van der Waals surface area (Å²) in [6.45, 7) is 8.43. The molecule has 1 aromatic heterocycles. The lowest BCUT2D eigenvalue weighted by molar-refractivity contribution is 0.119. The Morgan fingerprint density at radius 1 is 1.09 bits per heavy atom. The monoisotopic (exact) mass is 301 g/mol. The van der Waals surface area contributed by atoms with Crippen LogP contribution < -0.4 is 5.73 Å². The summed E-state index contributed by atoms with van der Waals surface area (Å²) in [5.74, 6) is 1.24. The number of benzene rings is 1. The van der Waals surface area contributed by atoms with Gasteiger partial charge < -0.3 is 10.3 Å². The average Bonchev–Trinajstić information content (AvgIpc) is 2.99. The van der Waals surface area contributed by atoms with Gasteiger partial charge in [0.2, 0.25) is 5.89 Å². The van der Waals surface area contributed by atoms with Crippen LogP contribution in [0.3, 0.4) is 0 Å². The van der Waals surface area contributed by atoms with Crippen LogP contribution in [0.25, 0.3) is 0 Å². The van der Waals surface area contributed by atoms with Gasteiger partial charge >= 0.3 is 0 Å². The van der Waals surface area contributed by atoms with Gasteiger partial charge in [-0.2, -0.15) is 4.98 Å². The van der Waals surface area contributed by atoms with Crippen molar-refractivity contribution in [3.63, 3.8) is 0 Å². The minimum absolute atomic E-state index is 0.303. The first kappa shape index (κ1) is 15.1. The lowest BCUT2D eigenvalue weighted by Crippen LogP contribution is -2.45. The Bertz CT molecular complexity index is 604. The van der Waals surface area contributed by atoms with Crippen molar-refractivity contribution in [1.29, 1.82) is 0 Å². The van der Waals surface area contributed by atoms with E-state index in [1.807, 2.05) is 0 Å².